The van der Waals surface area contributed by atoms with Gasteiger partial charge in [-0.15, -0.1) is 0 Å². The summed E-state index contributed by atoms with van der Waals surface area (Å²) in [6.07, 6.45) is -2.70. The molecule has 0 radical (unpaired) electrons. The van der Waals surface area contributed by atoms with Gasteiger partial charge in [0.15, 0.2) is 0 Å². The van der Waals surface area contributed by atoms with Crippen molar-refractivity contribution in [2.45, 2.75) is 6.43 Å². The third-order valence-corrected chi connectivity index (χ3v) is 1.79. The van der Waals surface area contributed by atoms with Crippen LogP contribution in [0.2, 0.25) is 0 Å². The first-order chi connectivity index (χ1) is 6.56. The normalized spacial score (nSPS) is 10.4. The van der Waals surface area contributed by atoms with Gasteiger partial charge in [0.1, 0.15) is 5.75 Å². The third kappa shape index (κ3) is 2.21. The smallest absolute Gasteiger partial charge is 0.488 e. The van der Waals surface area contributed by atoms with E-state index in [0.717, 1.165) is 6.07 Å². The first-order valence-corrected chi connectivity index (χ1v) is 3.88. The van der Waals surface area contributed by atoms with Gasteiger partial charge in [0, 0.05) is 0 Å². The fourth-order valence-corrected chi connectivity index (χ4v) is 1.08. The van der Waals surface area contributed by atoms with Crippen LogP contribution in [0.25, 0.3) is 0 Å². The highest BCUT2D eigenvalue weighted by Gasteiger charge is 2.18. The summed E-state index contributed by atoms with van der Waals surface area (Å²) in [5, 5.41) is 17.5. The van der Waals surface area contributed by atoms with Crippen molar-refractivity contribution in [3.8, 4) is 5.75 Å². The SMILES string of the molecule is COc1ccc(B(O)O)cc1C(F)F. The topological polar surface area (TPSA) is 49.7 Å². The molecule has 0 unspecified atom stereocenters. The van der Waals surface area contributed by atoms with Gasteiger partial charge < -0.3 is 14.8 Å². The molecule has 1 aromatic rings. The zero-order valence-corrected chi connectivity index (χ0v) is 7.45. The van der Waals surface area contributed by atoms with E-state index in [2.05, 4.69) is 0 Å². The molecule has 0 spiro atoms. The molecule has 14 heavy (non-hydrogen) atoms. The predicted molar refractivity (Wildman–Crippen MR) is 47.8 cm³/mol. The van der Waals surface area contributed by atoms with Crippen LogP contribution in [0.4, 0.5) is 8.78 Å². The van der Waals surface area contributed by atoms with E-state index in [1.165, 1.54) is 19.2 Å². The van der Waals surface area contributed by atoms with Gasteiger partial charge in [0.25, 0.3) is 6.43 Å². The molecule has 0 aliphatic carbocycles. The quantitative estimate of drug-likeness (QED) is 0.693. The molecule has 76 valence electrons. The van der Waals surface area contributed by atoms with Gasteiger partial charge in [-0.3, -0.25) is 0 Å². The number of methoxy groups -OCH3 is 1. The Morgan fingerprint density at radius 1 is 1.36 bits per heavy atom. The lowest BCUT2D eigenvalue weighted by molar-refractivity contribution is 0.147. The van der Waals surface area contributed by atoms with E-state index in [9.17, 15) is 8.78 Å². The van der Waals surface area contributed by atoms with Crippen molar-refractivity contribution >= 4 is 12.6 Å². The van der Waals surface area contributed by atoms with Gasteiger partial charge >= 0.3 is 7.12 Å². The highest BCUT2D eigenvalue weighted by molar-refractivity contribution is 6.58. The predicted octanol–water partition coefficient (Wildman–Crippen LogP) is 0.313. The maximum absolute atomic E-state index is 12.4. The lowest BCUT2D eigenvalue weighted by Crippen LogP contribution is -2.30. The van der Waals surface area contributed by atoms with E-state index in [0.29, 0.717) is 0 Å². The molecule has 0 aliphatic heterocycles. The molecule has 1 aromatic carbocycles. The minimum atomic E-state index is -2.70. The number of rotatable bonds is 3. The zero-order valence-electron chi connectivity index (χ0n) is 7.45. The summed E-state index contributed by atoms with van der Waals surface area (Å²) in [5.74, 6) is 0.0319. The van der Waals surface area contributed by atoms with Crippen molar-refractivity contribution in [3.63, 3.8) is 0 Å². The van der Waals surface area contributed by atoms with Crippen LogP contribution in [0.15, 0.2) is 18.2 Å². The second-order valence-corrected chi connectivity index (χ2v) is 2.68. The van der Waals surface area contributed by atoms with Gasteiger partial charge in [-0.25, -0.2) is 8.78 Å². The third-order valence-electron chi connectivity index (χ3n) is 1.79. The Morgan fingerprint density at radius 3 is 2.43 bits per heavy atom. The average molecular weight is 202 g/mol. The van der Waals surface area contributed by atoms with Crippen LogP contribution < -0.4 is 10.2 Å². The van der Waals surface area contributed by atoms with Crippen molar-refractivity contribution in [2.75, 3.05) is 7.11 Å². The minimum Gasteiger partial charge on any atom is -0.496 e. The van der Waals surface area contributed by atoms with Crippen LogP contribution in [0.3, 0.4) is 0 Å². The standard InChI is InChI=1S/C8H9BF2O3/c1-14-7-3-2-5(9(12)13)4-6(7)8(10)11/h2-4,8,12-13H,1H3. The van der Waals surface area contributed by atoms with Crippen molar-refractivity contribution < 1.29 is 23.6 Å². The molecule has 2 N–H and O–H groups in total. The van der Waals surface area contributed by atoms with E-state index in [-0.39, 0.29) is 16.8 Å². The van der Waals surface area contributed by atoms with E-state index < -0.39 is 13.5 Å². The largest absolute Gasteiger partial charge is 0.496 e. The van der Waals surface area contributed by atoms with Gasteiger partial charge in [-0.1, -0.05) is 6.07 Å². The number of halogens is 2. The van der Waals surface area contributed by atoms with Gasteiger partial charge in [-0.05, 0) is 17.6 Å². The lowest BCUT2D eigenvalue weighted by Gasteiger charge is -2.09. The summed E-state index contributed by atoms with van der Waals surface area (Å²) >= 11 is 0. The van der Waals surface area contributed by atoms with Gasteiger partial charge in [-0.2, -0.15) is 0 Å². The van der Waals surface area contributed by atoms with E-state index in [1.807, 2.05) is 0 Å². The van der Waals surface area contributed by atoms with E-state index in [4.69, 9.17) is 14.8 Å². The number of benzene rings is 1. The zero-order chi connectivity index (χ0) is 10.7. The molecule has 1 rings (SSSR count). The highest BCUT2D eigenvalue weighted by Crippen LogP contribution is 2.27. The van der Waals surface area contributed by atoms with Crippen LogP contribution in [0.5, 0.6) is 5.75 Å². The second kappa shape index (κ2) is 4.39. The number of hydrogen-bond acceptors (Lipinski definition) is 3. The van der Waals surface area contributed by atoms with Gasteiger partial charge in [0.05, 0.1) is 12.7 Å². The molecular formula is C8H9BF2O3. The molecule has 0 bridgehead atoms. The van der Waals surface area contributed by atoms with Crippen molar-refractivity contribution in [1.29, 1.82) is 0 Å². The molecule has 3 nitrogen and oxygen atoms in total. The fourth-order valence-electron chi connectivity index (χ4n) is 1.08. The average Bonchev–Trinajstić information content (AvgIpc) is 2.16. The molecule has 0 atom stereocenters. The van der Waals surface area contributed by atoms with Crippen molar-refractivity contribution in [1.82, 2.24) is 0 Å². The Kier molecular flexibility index (Phi) is 3.43. The molecule has 6 heteroatoms. The van der Waals surface area contributed by atoms with Crippen LogP contribution in [0, 0.1) is 0 Å². The van der Waals surface area contributed by atoms with Crippen LogP contribution in [-0.4, -0.2) is 24.3 Å². The Morgan fingerprint density at radius 2 is 2.00 bits per heavy atom. The first kappa shape index (κ1) is 10.9. The molecular weight excluding hydrogens is 193 g/mol. The summed E-state index contributed by atoms with van der Waals surface area (Å²) in [7, 11) is -0.477. The lowest BCUT2D eigenvalue weighted by atomic mass is 9.79. The Hall–Kier alpha value is -1.14. The summed E-state index contributed by atoms with van der Waals surface area (Å²) in [6, 6.07) is 3.60. The van der Waals surface area contributed by atoms with E-state index in [1.54, 1.807) is 0 Å². The molecule has 0 fully saturated rings. The number of alkyl halides is 2. The Labute approximate surface area is 80.1 Å². The molecule has 0 heterocycles. The first-order valence-electron chi connectivity index (χ1n) is 3.88. The molecule has 0 saturated carbocycles. The number of hydrogen-bond donors (Lipinski definition) is 2. The maximum atomic E-state index is 12.4. The monoisotopic (exact) mass is 202 g/mol. The maximum Gasteiger partial charge on any atom is 0.488 e. The van der Waals surface area contributed by atoms with Gasteiger partial charge in [0.2, 0.25) is 0 Å². The van der Waals surface area contributed by atoms with Crippen LogP contribution in [0.1, 0.15) is 12.0 Å². The summed E-state index contributed by atoms with van der Waals surface area (Å²) in [6.45, 7) is 0. The van der Waals surface area contributed by atoms with Crippen LogP contribution >= 0.6 is 0 Å². The van der Waals surface area contributed by atoms with Crippen LogP contribution in [-0.2, 0) is 0 Å². The van der Waals surface area contributed by atoms with E-state index >= 15 is 0 Å². The van der Waals surface area contributed by atoms with Crippen molar-refractivity contribution in [3.05, 3.63) is 23.8 Å². The fraction of sp³-hybridized carbons (Fsp3) is 0.250. The summed E-state index contributed by atoms with van der Waals surface area (Å²) in [4.78, 5) is 0. The molecule has 0 aliphatic rings. The molecule has 0 aromatic heterocycles. The Balaban J connectivity index is 3.14. The summed E-state index contributed by atoms with van der Waals surface area (Å²) in [5.41, 5.74) is -0.334. The Bertz CT molecular complexity index is 317. The number of ether oxygens (including phenoxy) is 1. The van der Waals surface area contributed by atoms with Crippen molar-refractivity contribution in [2.24, 2.45) is 0 Å². The molecule has 0 saturated heterocycles. The minimum absolute atomic E-state index is 0.0149. The summed E-state index contributed by atoms with van der Waals surface area (Å²) < 4.78 is 29.5. The highest BCUT2D eigenvalue weighted by atomic mass is 19.3. The molecule has 0 amide bonds. The second-order valence-electron chi connectivity index (χ2n) is 2.68.